The van der Waals surface area contributed by atoms with Crippen LogP contribution in [-0.2, 0) is 5.41 Å². The van der Waals surface area contributed by atoms with E-state index in [4.69, 9.17) is 28.3 Å². The molecule has 2 aromatic rings. The molecular formula is C19H16Cl2F3NO2. The highest BCUT2D eigenvalue weighted by Gasteiger charge is 2.59. The van der Waals surface area contributed by atoms with Crippen LogP contribution in [0.2, 0.25) is 10.0 Å². The van der Waals surface area contributed by atoms with Gasteiger partial charge in [0, 0.05) is 28.8 Å². The molecule has 3 rings (SSSR count). The van der Waals surface area contributed by atoms with Crippen molar-refractivity contribution in [3.05, 3.63) is 63.1 Å². The van der Waals surface area contributed by atoms with Crippen LogP contribution < -0.4 is 4.90 Å². The maximum atomic E-state index is 14.1. The summed E-state index contributed by atoms with van der Waals surface area (Å²) in [4.78, 5) is 12.8. The molecule has 0 amide bonds. The summed E-state index contributed by atoms with van der Waals surface area (Å²) >= 11 is 11.9. The lowest BCUT2D eigenvalue weighted by Crippen LogP contribution is -2.44. The normalized spacial score (nSPS) is 20.1. The Kier molecular flexibility index (Phi) is 5.08. The van der Waals surface area contributed by atoms with E-state index >= 15 is 0 Å². The molecular weight excluding hydrogens is 402 g/mol. The van der Waals surface area contributed by atoms with Crippen molar-refractivity contribution >= 4 is 34.9 Å². The molecule has 27 heavy (non-hydrogen) atoms. The smallest absolute Gasteiger partial charge is 0.400 e. The van der Waals surface area contributed by atoms with Crippen LogP contribution in [0, 0.1) is 6.92 Å². The fraction of sp³-hybridized carbons (Fsp3) is 0.316. The average Bonchev–Trinajstić information content (AvgIpc) is 3.00. The first-order valence-corrected chi connectivity index (χ1v) is 8.91. The first-order chi connectivity index (χ1) is 12.5. The number of carboxylic acids is 1. The van der Waals surface area contributed by atoms with Crippen LogP contribution in [0.15, 0.2) is 36.4 Å². The number of aromatic carboxylic acids is 1. The van der Waals surface area contributed by atoms with Crippen molar-refractivity contribution in [1.82, 2.24) is 0 Å². The van der Waals surface area contributed by atoms with E-state index < -0.39 is 17.6 Å². The highest BCUT2D eigenvalue weighted by atomic mass is 35.5. The highest BCUT2D eigenvalue weighted by Crippen LogP contribution is 2.49. The molecule has 0 spiro atoms. The van der Waals surface area contributed by atoms with Gasteiger partial charge in [-0.15, -0.1) is 0 Å². The molecule has 0 radical (unpaired) electrons. The topological polar surface area (TPSA) is 40.5 Å². The zero-order valence-corrected chi connectivity index (χ0v) is 15.8. The maximum Gasteiger partial charge on any atom is 0.400 e. The third-order valence-corrected chi connectivity index (χ3v) is 5.47. The number of benzene rings is 2. The Labute approximate surface area is 164 Å². The number of halogens is 5. The molecule has 1 heterocycles. The Morgan fingerprint density at radius 2 is 1.78 bits per heavy atom. The van der Waals surface area contributed by atoms with Gasteiger partial charge in [0.2, 0.25) is 0 Å². The Morgan fingerprint density at radius 1 is 1.15 bits per heavy atom. The number of rotatable bonds is 3. The number of hydrogen-bond donors (Lipinski definition) is 1. The van der Waals surface area contributed by atoms with E-state index in [0.29, 0.717) is 11.3 Å². The Bertz CT molecular complexity index is 881. The minimum atomic E-state index is -4.49. The third-order valence-electron chi connectivity index (χ3n) is 5.03. The summed E-state index contributed by atoms with van der Waals surface area (Å²) in [6, 6.07) is 8.56. The zero-order valence-electron chi connectivity index (χ0n) is 14.3. The van der Waals surface area contributed by atoms with Crippen molar-refractivity contribution in [1.29, 1.82) is 0 Å². The number of anilines is 1. The van der Waals surface area contributed by atoms with Crippen LogP contribution in [0.3, 0.4) is 0 Å². The largest absolute Gasteiger partial charge is 0.478 e. The summed E-state index contributed by atoms with van der Waals surface area (Å²) in [6.07, 6.45) is -4.64. The number of alkyl halides is 3. The predicted molar refractivity (Wildman–Crippen MR) is 99.2 cm³/mol. The second kappa shape index (κ2) is 6.91. The van der Waals surface area contributed by atoms with E-state index in [1.165, 1.54) is 30.3 Å². The second-order valence-electron chi connectivity index (χ2n) is 6.71. The summed E-state index contributed by atoms with van der Waals surface area (Å²) in [5.74, 6) is -1.07. The molecule has 1 aliphatic rings. The number of hydrogen-bond acceptors (Lipinski definition) is 2. The number of carbonyl (C=O) groups is 1. The highest BCUT2D eigenvalue weighted by molar-refractivity contribution is 6.34. The van der Waals surface area contributed by atoms with Gasteiger partial charge >= 0.3 is 12.1 Å². The molecule has 1 fully saturated rings. The van der Waals surface area contributed by atoms with Gasteiger partial charge in [-0.1, -0.05) is 23.2 Å². The molecule has 8 heteroatoms. The standard InChI is InChI=1S/C19H16Cl2F3NO2/c1-11-6-15(2-3-16(11)17(26)27)25-5-4-18(10-25,19(22,23)24)12-7-13(20)9-14(21)8-12/h2-3,6-9H,4-5,10H2,1H3,(H,26,27)/t18-/m1/s1. The molecule has 1 aliphatic heterocycles. The first-order valence-electron chi connectivity index (χ1n) is 8.16. The lowest BCUT2D eigenvalue weighted by atomic mass is 9.79. The Morgan fingerprint density at radius 3 is 2.30 bits per heavy atom. The van der Waals surface area contributed by atoms with Gasteiger partial charge in [0.05, 0.1) is 5.56 Å². The lowest BCUT2D eigenvalue weighted by molar-refractivity contribution is -0.184. The van der Waals surface area contributed by atoms with Crippen LogP contribution >= 0.6 is 23.2 Å². The van der Waals surface area contributed by atoms with E-state index in [1.807, 2.05) is 0 Å². The van der Waals surface area contributed by atoms with E-state index in [1.54, 1.807) is 17.9 Å². The van der Waals surface area contributed by atoms with Crippen LogP contribution in [0.25, 0.3) is 0 Å². The molecule has 3 nitrogen and oxygen atoms in total. The van der Waals surface area contributed by atoms with Gasteiger partial charge in [-0.05, 0) is 60.9 Å². The monoisotopic (exact) mass is 417 g/mol. The summed E-state index contributed by atoms with van der Waals surface area (Å²) in [7, 11) is 0. The van der Waals surface area contributed by atoms with Crippen molar-refractivity contribution in [3.8, 4) is 0 Å². The molecule has 2 aromatic carbocycles. The van der Waals surface area contributed by atoms with Crippen LogP contribution in [0.4, 0.5) is 18.9 Å². The molecule has 1 N–H and O–H groups in total. The van der Waals surface area contributed by atoms with E-state index in [-0.39, 0.29) is 40.7 Å². The summed E-state index contributed by atoms with van der Waals surface area (Å²) in [5.41, 5.74) is -0.886. The Balaban J connectivity index is 2.01. The molecule has 0 bridgehead atoms. The zero-order chi connectivity index (χ0) is 20.0. The molecule has 144 valence electrons. The lowest BCUT2D eigenvalue weighted by Gasteiger charge is -2.33. The summed E-state index contributed by atoms with van der Waals surface area (Å²) < 4.78 is 42.3. The van der Waals surface area contributed by atoms with Crippen LogP contribution in [-0.4, -0.2) is 30.3 Å². The average molecular weight is 418 g/mol. The Hall–Kier alpha value is -1.92. The van der Waals surface area contributed by atoms with E-state index in [0.717, 1.165) is 0 Å². The number of aryl methyl sites for hydroxylation is 1. The van der Waals surface area contributed by atoms with Gasteiger partial charge in [0.25, 0.3) is 0 Å². The molecule has 0 aliphatic carbocycles. The van der Waals surface area contributed by atoms with Crippen LogP contribution in [0.5, 0.6) is 0 Å². The van der Waals surface area contributed by atoms with Gasteiger partial charge in [-0.3, -0.25) is 0 Å². The molecule has 1 atom stereocenters. The van der Waals surface area contributed by atoms with Gasteiger partial charge in [0.15, 0.2) is 0 Å². The third kappa shape index (κ3) is 3.60. The first kappa shape index (κ1) is 19.8. The second-order valence-corrected chi connectivity index (χ2v) is 7.59. The fourth-order valence-corrected chi connectivity index (χ4v) is 4.10. The van der Waals surface area contributed by atoms with E-state index in [9.17, 15) is 18.0 Å². The van der Waals surface area contributed by atoms with Crippen molar-refractivity contribution < 1.29 is 23.1 Å². The number of nitrogens with zero attached hydrogens (tertiary/aromatic N) is 1. The quantitative estimate of drug-likeness (QED) is 0.694. The summed E-state index contributed by atoms with van der Waals surface area (Å²) in [6.45, 7) is 1.51. The van der Waals surface area contributed by atoms with Gasteiger partial charge in [-0.2, -0.15) is 13.2 Å². The molecule has 1 saturated heterocycles. The number of carboxylic acid groups (broad SMARTS) is 1. The van der Waals surface area contributed by atoms with E-state index in [2.05, 4.69) is 0 Å². The SMILES string of the molecule is Cc1cc(N2CC[C@@](c3cc(Cl)cc(Cl)c3)(C(F)(F)F)C2)ccc1C(=O)O. The van der Waals surface area contributed by atoms with Crippen molar-refractivity contribution in [3.63, 3.8) is 0 Å². The van der Waals surface area contributed by atoms with Gasteiger partial charge in [-0.25, -0.2) is 4.79 Å². The molecule has 0 aromatic heterocycles. The minimum absolute atomic E-state index is 0.0360. The van der Waals surface area contributed by atoms with Gasteiger partial charge < -0.3 is 10.0 Å². The van der Waals surface area contributed by atoms with Gasteiger partial charge in [0.1, 0.15) is 5.41 Å². The van der Waals surface area contributed by atoms with Crippen molar-refractivity contribution in [2.75, 3.05) is 18.0 Å². The minimum Gasteiger partial charge on any atom is -0.478 e. The molecule has 0 saturated carbocycles. The molecule has 0 unspecified atom stereocenters. The summed E-state index contributed by atoms with van der Waals surface area (Å²) in [5, 5.41) is 9.43. The van der Waals surface area contributed by atoms with Crippen molar-refractivity contribution in [2.24, 2.45) is 0 Å². The maximum absolute atomic E-state index is 14.1. The predicted octanol–water partition coefficient (Wildman–Crippen LogP) is 5.71. The van der Waals surface area contributed by atoms with Crippen LogP contribution in [0.1, 0.15) is 27.9 Å². The van der Waals surface area contributed by atoms with Crippen molar-refractivity contribution in [2.45, 2.75) is 24.9 Å². The fourth-order valence-electron chi connectivity index (χ4n) is 3.58.